The number of aliphatic hydroxyl groups excluding tert-OH is 1. The van der Waals surface area contributed by atoms with E-state index in [0.29, 0.717) is 19.4 Å². The van der Waals surface area contributed by atoms with E-state index < -0.39 is 0 Å². The SMILES string of the molecule is CCC(O)CC1CCCCOC1=O. The van der Waals surface area contributed by atoms with E-state index in [1.807, 2.05) is 6.92 Å². The maximum atomic E-state index is 11.3. The Hall–Kier alpha value is -0.570. The van der Waals surface area contributed by atoms with Gasteiger partial charge in [0.25, 0.3) is 0 Å². The third-order valence-electron chi connectivity index (χ3n) is 2.55. The Morgan fingerprint density at radius 1 is 1.62 bits per heavy atom. The van der Waals surface area contributed by atoms with E-state index in [9.17, 15) is 9.90 Å². The fourth-order valence-corrected chi connectivity index (χ4v) is 1.61. The van der Waals surface area contributed by atoms with E-state index in [1.54, 1.807) is 0 Å². The van der Waals surface area contributed by atoms with E-state index in [2.05, 4.69) is 0 Å². The van der Waals surface area contributed by atoms with Crippen LogP contribution in [0.4, 0.5) is 0 Å². The summed E-state index contributed by atoms with van der Waals surface area (Å²) in [7, 11) is 0. The quantitative estimate of drug-likeness (QED) is 0.679. The molecule has 2 unspecified atom stereocenters. The van der Waals surface area contributed by atoms with Crippen molar-refractivity contribution in [3.05, 3.63) is 0 Å². The summed E-state index contributed by atoms with van der Waals surface area (Å²) in [6, 6.07) is 0. The molecule has 1 rings (SSSR count). The second-order valence-corrected chi connectivity index (χ2v) is 3.66. The number of rotatable bonds is 3. The number of hydrogen-bond acceptors (Lipinski definition) is 3. The van der Waals surface area contributed by atoms with Crippen molar-refractivity contribution in [1.82, 2.24) is 0 Å². The largest absolute Gasteiger partial charge is 0.465 e. The van der Waals surface area contributed by atoms with Crippen molar-refractivity contribution in [1.29, 1.82) is 0 Å². The predicted molar refractivity (Wildman–Crippen MR) is 49.2 cm³/mol. The molecule has 13 heavy (non-hydrogen) atoms. The van der Waals surface area contributed by atoms with Crippen LogP contribution in [-0.2, 0) is 9.53 Å². The summed E-state index contributed by atoms with van der Waals surface area (Å²) in [6.07, 6.45) is 3.79. The van der Waals surface area contributed by atoms with Gasteiger partial charge in [-0.25, -0.2) is 0 Å². The third-order valence-corrected chi connectivity index (χ3v) is 2.55. The predicted octanol–water partition coefficient (Wildman–Crippen LogP) is 1.49. The van der Waals surface area contributed by atoms with Crippen LogP contribution < -0.4 is 0 Å². The first kappa shape index (κ1) is 10.5. The highest BCUT2D eigenvalue weighted by atomic mass is 16.5. The van der Waals surface area contributed by atoms with Crippen LogP contribution in [0, 0.1) is 5.92 Å². The third kappa shape index (κ3) is 3.35. The Morgan fingerprint density at radius 3 is 3.08 bits per heavy atom. The number of esters is 1. The van der Waals surface area contributed by atoms with Gasteiger partial charge in [0.15, 0.2) is 0 Å². The molecule has 0 aromatic rings. The number of carbonyl (C=O) groups excluding carboxylic acids is 1. The average molecular weight is 186 g/mol. The van der Waals surface area contributed by atoms with Crippen molar-refractivity contribution in [2.45, 2.75) is 45.1 Å². The Kier molecular flexibility index (Phi) is 4.22. The summed E-state index contributed by atoms with van der Waals surface area (Å²) in [5, 5.41) is 9.41. The average Bonchev–Trinajstić information content (AvgIpc) is 2.32. The fourth-order valence-electron chi connectivity index (χ4n) is 1.61. The molecular weight excluding hydrogens is 168 g/mol. The topological polar surface area (TPSA) is 46.5 Å². The van der Waals surface area contributed by atoms with Crippen LogP contribution in [0.1, 0.15) is 39.0 Å². The normalized spacial score (nSPS) is 26.3. The molecular formula is C10H18O3. The molecule has 1 aliphatic rings. The highest BCUT2D eigenvalue weighted by molar-refractivity contribution is 5.72. The molecule has 0 spiro atoms. The Morgan fingerprint density at radius 2 is 2.38 bits per heavy atom. The minimum atomic E-state index is -0.351. The van der Waals surface area contributed by atoms with Crippen LogP contribution >= 0.6 is 0 Å². The van der Waals surface area contributed by atoms with E-state index in [1.165, 1.54) is 0 Å². The fraction of sp³-hybridized carbons (Fsp3) is 0.900. The first-order chi connectivity index (χ1) is 6.24. The van der Waals surface area contributed by atoms with E-state index in [0.717, 1.165) is 19.3 Å². The first-order valence-electron chi connectivity index (χ1n) is 5.08. The van der Waals surface area contributed by atoms with Gasteiger partial charge in [-0.2, -0.15) is 0 Å². The van der Waals surface area contributed by atoms with Gasteiger partial charge in [0, 0.05) is 0 Å². The van der Waals surface area contributed by atoms with Gasteiger partial charge in [-0.3, -0.25) is 4.79 Å². The van der Waals surface area contributed by atoms with Gasteiger partial charge in [-0.05, 0) is 32.1 Å². The summed E-state index contributed by atoms with van der Waals surface area (Å²) >= 11 is 0. The number of cyclic esters (lactones) is 1. The van der Waals surface area contributed by atoms with E-state index >= 15 is 0 Å². The van der Waals surface area contributed by atoms with Gasteiger partial charge in [-0.1, -0.05) is 6.92 Å². The smallest absolute Gasteiger partial charge is 0.309 e. The summed E-state index contributed by atoms with van der Waals surface area (Å²) in [5.74, 6) is -0.192. The zero-order valence-electron chi connectivity index (χ0n) is 8.16. The lowest BCUT2D eigenvalue weighted by Crippen LogP contribution is -2.21. The molecule has 3 heteroatoms. The summed E-state index contributed by atoms with van der Waals surface area (Å²) in [5.41, 5.74) is 0. The maximum absolute atomic E-state index is 11.3. The molecule has 0 bridgehead atoms. The van der Waals surface area contributed by atoms with Crippen LogP contribution in [0.3, 0.4) is 0 Å². The first-order valence-corrected chi connectivity index (χ1v) is 5.08. The highest BCUT2D eigenvalue weighted by Gasteiger charge is 2.24. The molecule has 2 atom stereocenters. The van der Waals surface area contributed by atoms with Gasteiger partial charge in [0.05, 0.1) is 18.6 Å². The maximum Gasteiger partial charge on any atom is 0.309 e. The molecule has 1 saturated heterocycles. The zero-order chi connectivity index (χ0) is 9.68. The number of ether oxygens (including phenoxy) is 1. The monoisotopic (exact) mass is 186 g/mol. The molecule has 0 radical (unpaired) electrons. The zero-order valence-corrected chi connectivity index (χ0v) is 8.16. The van der Waals surface area contributed by atoms with Crippen molar-refractivity contribution in [2.75, 3.05) is 6.61 Å². The molecule has 0 amide bonds. The molecule has 1 N–H and O–H groups in total. The van der Waals surface area contributed by atoms with Crippen LogP contribution in [0.2, 0.25) is 0 Å². The second kappa shape index (κ2) is 5.22. The molecule has 0 aromatic carbocycles. The molecule has 0 aromatic heterocycles. The van der Waals surface area contributed by atoms with Crippen molar-refractivity contribution < 1.29 is 14.6 Å². The van der Waals surface area contributed by atoms with E-state index in [4.69, 9.17) is 4.74 Å². The lowest BCUT2D eigenvalue weighted by atomic mass is 9.95. The molecule has 1 fully saturated rings. The van der Waals surface area contributed by atoms with Crippen LogP contribution in [0.5, 0.6) is 0 Å². The number of aliphatic hydroxyl groups is 1. The minimum absolute atomic E-state index is 0.0718. The van der Waals surface area contributed by atoms with Gasteiger partial charge in [0.1, 0.15) is 0 Å². The van der Waals surface area contributed by atoms with Crippen molar-refractivity contribution in [3.8, 4) is 0 Å². The van der Waals surface area contributed by atoms with Gasteiger partial charge < -0.3 is 9.84 Å². The lowest BCUT2D eigenvalue weighted by molar-refractivity contribution is -0.148. The molecule has 1 aliphatic heterocycles. The van der Waals surface area contributed by atoms with Crippen molar-refractivity contribution >= 4 is 5.97 Å². The van der Waals surface area contributed by atoms with Gasteiger partial charge in [0.2, 0.25) is 0 Å². The number of carbonyl (C=O) groups is 1. The standard InChI is InChI=1S/C10H18O3/c1-2-9(11)7-8-5-3-4-6-13-10(8)12/h8-9,11H,2-7H2,1H3. The molecule has 0 aliphatic carbocycles. The molecule has 76 valence electrons. The molecule has 3 nitrogen and oxygen atoms in total. The Bertz CT molecular complexity index is 168. The second-order valence-electron chi connectivity index (χ2n) is 3.66. The van der Waals surface area contributed by atoms with Crippen LogP contribution in [0.15, 0.2) is 0 Å². The molecule has 1 heterocycles. The van der Waals surface area contributed by atoms with Crippen molar-refractivity contribution in [3.63, 3.8) is 0 Å². The van der Waals surface area contributed by atoms with Gasteiger partial charge in [-0.15, -0.1) is 0 Å². The lowest BCUT2D eigenvalue weighted by Gasteiger charge is -2.15. The summed E-state index contributed by atoms with van der Waals surface area (Å²) in [6.45, 7) is 2.48. The summed E-state index contributed by atoms with van der Waals surface area (Å²) in [4.78, 5) is 11.3. The minimum Gasteiger partial charge on any atom is -0.465 e. The number of hydrogen-bond donors (Lipinski definition) is 1. The van der Waals surface area contributed by atoms with E-state index in [-0.39, 0.29) is 18.0 Å². The van der Waals surface area contributed by atoms with Crippen molar-refractivity contribution in [2.24, 2.45) is 5.92 Å². The van der Waals surface area contributed by atoms with Gasteiger partial charge >= 0.3 is 5.97 Å². The summed E-state index contributed by atoms with van der Waals surface area (Å²) < 4.78 is 5.01. The highest BCUT2D eigenvalue weighted by Crippen LogP contribution is 2.21. The van der Waals surface area contributed by atoms with Crippen LogP contribution in [0.25, 0.3) is 0 Å². The Balaban J connectivity index is 2.40. The van der Waals surface area contributed by atoms with Crippen LogP contribution in [-0.4, -0.2) is 23.8 Å². The Labute approximate surface area is 79.1 Å². The molecule has 0 saturated carbocycles.